The fourth-order valence-corrected chi connectivity index (χ4v) is 3.46. The van der Waals surface area contributed by atoms with Crippen LogP contribution in [0.4, 0.5) is 11.5 Å². The van der Waals surface area contributed by atoms with Gasteiger partial charge in [-0.05, 0) is 47.8 Å². The number of fused-ring (bicyclic) bond motifs is 1. The first-order valence-electron chi connectivity index (χ1n) is 6.64. The minimum absolute atomic E-state index is 0.692. The Morgan fingerprint density at radius 3 is 2.94 bits per heavy atom. The number of rotatable bonds is 1. The lowest BCUT2D eigenvalue weighted by molar-refractivity contribution is 0.273. The Kier molecular flexibility index (Phi) is 3.43. The van der Waals surface area contributed by atoms with Gasteiger partial charge in [0.25, 0.3) is 0 Å². The standard InChI is InChI=1S/C13H19BrN4/c14-10-7-12(15)13(16-8-10)18-6-2-5-17-4-1-3-11(17)9-18/h7-8,11H,1-6,9,15H2. The third-order valence-corrected chi connectivity index (χ3v) is 4.40. The van der Waals surface area contributed by atoms with Gasteiger partial charge in [0.1, 0.15) is 0 Å². The summed E-state index contributed by atoms with van der Waals surface area (Å²) in [7, 11) is 0. The fourth-order valence-electron chi connectivity index (χ4n) is 3.11. The van der Waals surface area contributed by atoms with Gasteiger partial charge in [-0.25, -0.2) is 4.98 Å². The van der Waals surface area contributed by atoms with E-state index in [-0.39, 0.29) is 0 Å². The molecule has 1 aromatic rings. The van der Waals surface area contributed by atoms with Crippen LogP contribution in [0.2, 0.25) is 0 Å². The Hall–Kier alpha value is -0.810. The third kappa shape index (κ3) is 2.34. The molecular weight excluding hydrogens is 292 g/mol. The second-order valence-electron chi connectivity index (χ2n) is 5.20. The SMILES string of the molecule is Nc1cc(Br)cnc1N1CCCN2CCCC2C1. The Bertz CT molecular complexity index is 437. The number of hydrogen-bond donors (Lipinski definition) is 1. The first-order chi connectivity index (χ1) is 8.74. The third-order valence-electron chi connectivity index (χ3n) is 3.96. The molecule has 3 heterocycles. The summed E-state index contributed by atoms with van der Waals surface area (Å²) in [5.41, 5.74) is 6.87. The molecule has 4 nitrogen and oxygen atoms in total. The number of aromatic nitrogens is 1. The van der Waals surface area contributed by atoms with Gasteiger partial charge in [0.15, 0.2) is 5.82 Å². The zero-order chi connectivity index (χ0) is 12.5. The van der Waals surface area contributed by atoms with E-state index in [1.54, 1.807) is 0 Å². The summed E-state index contributed by atoms with van der Waals surface area (Å²) < 4.78 is 0.945. The summed E-state index contributed by atoms with van der Waals surface area (Å²) in [5.74, 6) is 0.951. The largest absolute Gasteiger partial charge is 0.396 e. The highest BCUT2D eigenvalue weighted by molar-refractivity contribution is 9.10. The molecule has 98 valence electrons. The van der Waals surface area contributed by atoms with E-state index in [9.17, 15) is 0 Å². The minimum Gasteiger partial charge on any atom is -0.396 e. The highest BCUT2D eigenvalue weighted by Crippen LogP contribution is 2.28. The number of nitrogen functional groups attached to an aromatic ring is 1. The molecule has 2 fully saturated rings. The number of halogens is 1. The topological polar surface area (TPSA) is 45.4 Å². The highest BCUT2D eigenvalue weighted by atomic mass is 79.9. The predicted octanol–water partition coefficient (Wildman–Crippen LogP) is 2.10. The lowest BCUT2D eigenvalue weighted by Gasteiger charge is -2.27. The zero-order valence-electron chi connectivity index (χ0n) is 10.5. The Balaban J connectivity index is 1.82. The molecule has 0 saturated carbocycles. The monoisotopic (exact) mass is 310 g/mol. The molecule has 5 heteroatoms. The van der Waals surface area contributed by atoms with Gasteiger partial charge in [0.05, 0.1) is 5.69 Å². The average Bonchev–Trinajstić information content (AvgIpc) is 2.67. The first-order valence-corrected chi connectivity index (χ1v) is 7.43. The average molecular weight is 311 g/mol. The van der Waals surface area contributed by atoms with Crippen molar-refractivity contribution in [3.8, 4) is 0 Å². The van der Waals surface area contributed by atoms with Crippen molar-refractivity contribution >= 4 is 27.4 Å². The Morgan fingerprint density at radius 1 is 1.28 bits per heavy atom. The molecule has 18 heavy (non-hydrogen) atoms. The van der Waals surface area contributed by atoms with Crippen molar-refractivity contribution in [2.24, 2.45) is 0 Å². The van der Waals surface area contributed by atoms with Crippen LogP contribution in [-0.2, 0) is 0 Å². The summed E-state index contributed by atoms with van der Waals surface area (Å²) in [6.45, 7) is 4.62. The van der Waals surface area contributed by atoms with Crippen LogP contribution in [0.3, 0.4) is 0 Å². The fraction of sp³-hybridized carbons (Fsp3) is 0.615. The van der Waals surface area contributed by atoms with Crippen LogP contribution >= 0.6 is 15.9 Å². The molecule has 0 amide bonds. The Morgan fingerprint density at radius 2 is 2.11 bits per heavy atom. The molecule has 1 atom stereocenters. The van der Waals surface area contributed by atoms with Crippen molar-refractivity contribution in [1.29, 1.82) is 0 Å². The van der Waals surface area contributed by atoms with Crippen LogP contribution < -0.4 is 10.6 Å². The van der Waals surface area contributed by atoms with Gasteiger partial charge in [0, 0.05) is 36.3 Å². The second kappa shape index (κ2) is 5.05. The van der Waals surface area contributed by atoms with E-state index in [1.165, 1.54) is 32.4 Å². The zero-order valence-corrected chi connectivity index (χ0v) is 12.1. The van der Waals surface area contributed by atoms with Crippen LogP contribution in [0.1, 0.15) is 19.3 Å². The predicted molar refractivity (Wildman–Crippen MR) is 77.8 cm³/mol. The lowest BCUT2D eigenvalue weighted by Crippen LogP contribution is -2.37. The van der Waals surface area contributed by atoms with E-state index in [1.807, 2.05) is 12.3 Å². The van der Waals surface area contributed by atoms with E-state index in [0.29, 0.717) is 6.04 Å². The number of anilines is 2. The summed E-state index contributed by atoms with van der Waals surface area (Å²) in [5, 5.41) is 0. The van der Waals surface area contributed by atoms with Crippen LogP contribution in [0, 0.1) is 0 Å². The van der Waals surface area contributed by atoms with Gasteiger partial charge in [-0.15, -0.1) is 0 Å². The maximum absolute atomic E-state index is 6.09. The lowest BCUT2D eigenvalue weighted by atomic mass is 10.2. The second-order valence-corrected chi connectivity index (χ2v) is 6.11. The molecule has 0 aliphatic carbocycles. The summed E-state index contributed by atoms with van der Waals surface area (Å²) in [4.78, 5) is 9.47. The van der Waals surface area contributed by atoms with Crippen LogP contribution in [0.15, 0.2) is 16.7 Å². The molecule has 0 spiro atoms. The molecule has 0 bridgehead atoms. The van der Waals surface area contributed by atoms with Gasteiger partial charge in [0.2, 0.25) is 0 Å². The number of hydrogen-bond acceptors (Lipinski definition) is 4. The highest BCUT2D eigenvalue weighted by Gasteiger charge is 2.29. The quantitative estimate of drug-likeness (QED) is 0.863. The van der Waals surface area contributed by atoms with Crippen molar-refractivity contribution < 1.29 is 0 Å². The summed E-state index contributed by atoms with van der Waals surface area (Å²) in [6, 6.07) is 2.64. The van der Waals surface area contributed by atoms with Crippen molar-refractivity contribution in [2.45, 2.75) is 25.3 Å². The molecule has 0 aromatic carbocycles. The molecule has 2 aliphatic rings. The summed E-state index contributed by atoms with van der Waals surface area (Å²) in [6.07, 6.45) is 5.69. The molecule has 2 aliphatic heterocycles. The molecule has 1 aromatic heterocycles. The molecule has 2 N–H and O–H groups in total. The van der Waals surface area contributed by atoms with E-state index < -0.39 is 0 Å². The van der Waals surface area contributed by atoms with Gasteiger partial charge in [-0.3, -0.25) is 4.90 Å². The molecular formula is C13H19BrN4. The minimum atomic E-state index is 0.692. The van der Waals surface area contributed by atoms with Crippen molar-refractivity contribution in [3.05, 3.63) is 16.7 Å². The van der Waals surface area contributed by atoms with Gasteiger partial charge >= 0.3 is 0 Å². The van der Waals surface area contributed by atoms with Crippen molar-refractivity contribution in [1.82, 2.24) is 9.88 Å². The van der Waals surface area contributed by atoms with Gasteiger partial charge in [-0.2, -0.15) is 0 Å². The van der Waals surface area contributed by atoms with Gasteiger partial charge in [-0.1, -0.05) is 0 Å². The Labute approximate surface area is 116 Å². The first kappa shape index (κ1) is 12.2. The van der Waals surface area contributed by atoms with Crippen LogP contribution in [-0.4, -0.2) is 42.1 Å². The number of pyridine rings is 1. The van der Waals surface area contributed by atoms with E-state index >= 15 is 0 Å². The van der Waals surface area contributed by atoms with Crippen molar-refractivity contribution in [2.75, 3.05) is 36.8 Å². The molecule has 0 radical (unpaired) electrons. The van der Waals surface area contributed by atoms with Crippen molar-refractivity contribution in [3.63, 3.8) is 0 Å². The van der Waals surface area contributed by atoms with E-state index in [0.717, 1.165) is 29.1 Å². The van der Waals surface area contributed by atoms with Crippen LogP contribution in [0.5, 0.6) is 0 Å². The molecule has 1 unspecified atom stereocenters. The van der Waals surface area contributed by atoms with E-state index in [4.69, 9.17) is 5.73 Å². The van der Waals surface area contributed by atoms with Crippen LogP contribution in [0.25, 0.3) is 0 Å². The normalized spacial score (nSPS) is 24.9. The number of nitrogens with two attached hydrogens (primary N) is 1. The smallest absolute Gasteiger partial charge is 0.151 e. The maximum Gasteiger partial charge on any atom is 0.151 e. The number of nitrogens with zero attached hydrogens (tertiary/aromatic N) is 3. The van der Waals surface area contributed by atoms with E-state index in [2.05, 4.69) is 30.7 Å². The van der Waals surface area contributed by atoms with Gasteiger partial charge < -0.3 is 10.6 Å². The summed E-state index contributed by atoms with van der Waals surface area (Å²) >= 11 is 3.41. The molecule has 3 rings (SSSR count). The maximum atomic E-state index is 6.09. The molecule has 2 saturated heterocycles.